The average Bonchev–Trinajstić information content (AvgIpc) is 2.90. The number of aromatic nitrogens is 1. The van der Waals surface area contributed by atoms with Crippen molar-refractivity contribution in [3.63, 3.8) is 0 Å². The van der Waals surface area contributed by atoms with E-state index in [-0.39, 0.29) is 5.92 Å². The maximum Gasteiger partial charge on any atom is 0.123 e. The number of hydrogen-bond acceptors (Lipinski definition) is 2. The molecule has 0 amide bonds. The molecule has 0 fully saturated rings. The number of benzene rings is 1. The fraction of sp³-hybridized carbons (Fsp3) is 0.550. The van der Waals surface area contributed by atoms with Gasteiger partial charge in [0.1, 0.15) is 11.9 Å². The van der Waals surface area contributed by atoms with Crippen LogP contribution in [0.25, 0.3) is 10.9 Å². The number of hydrogen-bond donors (Lipinski definition) is 1. The predicted octanol–water partition coefficient (Wildman–Crippen LogP) is 4.44. The van der Waals surface area contributed by atoms with Gasteiger partial charge in [-0.2, -0.15) is 0 Å². The Balaban J connectivity index is 2.28. The van der Waals surface area contributed by atoms with Crippen LogP contribution in [0.4, 0.5) is 0 Å². The first kappa shape index (κ1) is 16.3. The summed E-state index contributed by atoms with van der Waals surface area (Å²) in [6.07, 6.45) is 4.53. The zero-order chi connectivity index (χ0) is 16.6. The second-order valence-corrected chi connectivity index (χ2v) is 7.03. The summed E-state index contributed by atoms with van der Waals surface area (Å²) >= 11 is 0. The van der Waals surface area contributed by atoms with Gasteiger partial charge in [0.15, 0.2) is 0 Å². The highest BCUT2D eigenvalue weighted by atomic mass is 16.5. The van der Waals surface area contributed by atoms with E-state index in [1.54, 1.807) is 0 Å². The lowest BCUT2D eigenvalue weighted by Crippen LogP contribution is -2.40. The molecule has 0 bridgehead atoms. The zero-order valence-corrected chi connectivity index (χ0v) is 14.7. The van der Waals surface area contributed by atoms with Crippen molar-refractivity contribution in [3.05, 3.63) is 34.5 Å². The summed E-state index contributed by atoms with van der Waals surface area (Å²) in [5.74, 6) is 0.246. The van der Waals surface area contributed by atoms with Crippen LogP contribution in [0.3, 0.4) is 0 Å². The lowest BCUT2D eigenvalue weighted by atomic mass is 9.80. The molecular weight excluding hydrogens is 286 g/mol. The number of aldehydes is 1. The summed E-state index contributed by atoms with van der Waals surface area (Å²) in [6, 6.07) is 4.46. The average molecular weight is 313 g/mol. The number of carbonyl (C=O) groups excluding carboxylic acids is 1. The Morgan fingerprint density at radius 3 is 2.83 bits per heavy atom. The number of nitrogens with one attached hydrogen (secondary N) is 1. The van der Waals surface area contributed by atoms with Crippen LogP contribution in [0.15, 0.2) is 12.1 Å². The number of carbonyl (C=O) groups is 1. The van der Waals surface area contributed by atoms with Crippen molar-refractivity contribution in [2.75, 3.05) is 6.61 Å². The fourth-order valence-electron chi connectivity index (χ4n) is 4.06. The minimum absolute atomic E-state index is 0.246. The molecule has 0 radical (unpaired) electrons. The van der Waals surface area contributed by atoms with E-state index in [1.165, 1.54) is 27.6 Å². The molecule has 1 aromatic heterocycles. The Labute approximate surface area is 138 Å². The van der Waals surface area contributed by atoms with Gasteiger partial charge in [0.05, 0.1) is 12.3 Å². The van der Waals surface area contributed by atoms with E-state index in [4.69, 9.17) is 4.74 Å². The number of rotatable bonds is 5. The smallest absolute Gasteiger partial charge is 0.123 e. The lowest BCUT2D eigenvalue weighted by molar-refractivity contribution is -0.127. The van der Waals surface area contributed by atoms with Gasteiger partial charge in [-0.25, -0.2) is 0 Å². The van der Waals surface area contributed by atoms with E-state index < -0.39 is 5.60 Å². The van der Waals surface area contributed by atoms with Gasteiger partial charge in [-0.1, -0.05) is 39.3 Å². The highest BCUT2D eigenvalue weighted by molar-refractivity contribution is 5.89. The summed E-state index contributed by atoms with van der Waals surface area (Å²) in [5, 5.41) is 1.31. The quantitative estimate of drug-likeness (QED) is 0.829. The summed E-state index contributed by atoms with van der Waals surface area (Å²) in [5.41, 5.74) is 5.96. The van der Waals surface area contributed by atoms with Gasteiger partial charge in [0, 0.05) is 17.3 Å². The van der Waals surface area contributed by atoms with Crippen molar-refractivity contribution < 1.29 is 9.53 Å². The van der Waals surface area contributed by atoms with E-state index in [0.717, 1.165) is 31.2 Å². The van der Waals surface area contributed by atoms with E-state index in [2.05, 4.69) is 44.8 Å². The molecule has 1 aliphatic rings. The number of H-pyrrole nitrogens is 1. The van der Waals surface area contributed by atoms with E-state index in [9.17, 15) is 4.79 Å². The summed E-state index contributed by atoms with van der Waals surface area (Å²) in [7, 11) is 0. The minimum atomic E-state index is -0.508. The van der Waals surface area contributed by atoms with Crippen LogP contribution in [0.2, 0.25) is 0 Å². The largest absolute Gasteiger partial charge is 0.368 e. The van der Waals surface area contributed by atoms with E-state index >= 15 is 0 Å². The minimum Gasteiger partial charge on any atom is -0.368 e. The lowest BCUT2D eigenvalue weighted by Gasteiger charge is -2.39. The molecule has 0 spiro atoms. The highest BCUT2D eigenvalue weighted by Gasteiger charge is 2.42. The van der Waals surface area contributed by atoms with Crippen molar-refractivity contribution >= 4 is 17.2 Å². The topological polar surface area (TPSA) is 42.1 Å². The van der Waals surface area contributed by atoms with Crippen LogP contribution in [0, 0.1) is 12.8 Å². The molecule has 124 valence electrons. The van der Waals surface area contributed by atoms with Gasteiger partial charge in [-0.3, -0.25) is 0 Å². The first-order valence-corrected chi connectivity index (χ1v) is 8.76. The third kappa shape index (κ3) is 2.42. The molecule has 1 aromatic carbocycles. The molecule has 3 nitrogen and oxygen atoms in total. The van der Waals surface area contributed by atoms with E-state index in [1.807, 2.05) is 0 Å². The van der Waals surface area contributed by atoms with Crippen LogP contribution in [0.5, 0.6) is 0 Å². The van der Waals surface area contributed by atoms with Crippen molar-refractivity contribution in [1.82, 2.24) is 4.98 Å². The Morgan fingerprint density at radius 1 is 1.39 bits per heavy atom. The Hall–Kier alpha value is -1.61. The van der Waals surface area contributed by atoms with Gasteiger partial charge < -0.3 is 14.5 Å². The molecule has 0 saturated carbocycles. The van der Waals surface area contributed by atoms with Gasteiger partial charge in [0.2, 0.25) is 0 Å². The maximum atomic E-state index is 11.3. The zero-order valence-electron chi connectivity index (χ0n) is 14.7. The first-order chi connectivity index (χ1) is 11.0. The molecule has 2 heterocycles. The van der Waals surface area contributed by atoms with Crippen LogP contribution in [-0.4, -0.2) is 17.9 Å². The molecule has 0 saturated heterocycles. The second-order valence-electron chi connectivity index (χ2n) is 7.03. The fourth-order valence-corrected chi connectivity index (χ4v) is 4.06. The summed E-state index contributed by atoms with van der Waals surface area (Å²) in [4.78, 5) is 15.0. The number of ether oxygens (including phenoxy) is 1. The standard InChI is InChI=1S/C20H27NO2/c1-5-6-15-14(4)7-8-16-17-9-12-23-20(10-11-22,13(2)3)19(17)21-18(15)16/h7-8,11,13,21H,5-6,9-10,12H2,1-4H3/t20-/m0/s1. The maximum absolute atomic E-state index is 11.3. The highest BCUT2D eigenvalue weighted by Crippen LogP contribution is 2.44. The van der Waals surface area contributed by atoms with Crippen molar-refractivity contribution in [2.24, 2.45) is 5.92 Å². The van der Waals surface area contributed by atoms with Gasteiger partial charge in [0.25, 0.3) is 0 Å². The Bertz CT molecular complexity index is 729. The molecule has 3 rings (SSSR count). The SMILES string of the molecule is CCCc1c(C)ccc2c3c([nH]c12)[C@](CC=O)(C(C)C)OCC3. The van der Waals surface area contributed by atoms with Crippen LogP contribution in [-0.2, 0) is 28.0 Å². The predicted molar refractivity (Wildman–Crippen MR) is 93.9 cm³/mol. The van der Waals surface area contributed by atoms with Crippen LogP contribution < -0.4 is 0 Å². The van der Waals surface area contributed by atoms with Crippen molar-refractivity contribution in [3.8, 4) is 0 Å². The van der Waals surface area contributed by atoms with Crippen molar-refractivity contribution in [1.29, 1.82) is 0 Å². The van der Waals surface area contributed by atoms with Crippen LogP contribution in [0.1, 0.15) is 56.0 Å². The van der Waals surface area contributed by atoms with Crippen LogP contribution >= 0.6 is 0 Å². The summed E-state index contributed by atoms with van der Waals surface area (Å²) in [6.45, 7) is 9.37. The third-order valence-electron chi connectivity index (χ3n) is 5.38. The summed E-state index contributed by atoms with van der Waals surface area (Å²) < 4.78 is 6.19. The Kier molecular flexibility index (Phi) is 4.33. The second kappa shape index (κ2) is 6.12. The molecular formula is C20H27NO2. The normalized spacial score (nSPS) is 20.9. The van der Waals surface area contributed by atoms with Gasteiger partial charge in [-0.15, -0.1) is 0 Å². The number of aryl methyl sites for hydroxylation is 2. The molecule has 0 aliphatic carbocycles. The van der Waals surface area contributed by atoms with E-state index in [0.29, 0.717) is 13.0 Å². The molecule has 1 aliphatic heterocycles. The van der Waals surface area contributed by atoms with Gasteiger partial charge in [-0.05, 0) is 42.4 Å². The number of aromatic amines is 1. The molecule has 3 heteroatoms. The van der Waals surface area contributed by atoms with Crippen molar-refractivity contribution in [2.45, 2.75) is 59.0 Å². The first-order valence-electron chi connectivity index (χ1n) is 8.76. The molecule has 23 heavy (non-hydrogen) atoms. The Morgan fingerprint density at radius 2 is 2.17 bits per heavy atom. The third-order valence-corrected chi connectivity index (χ3v) is 5.38. The molecule has 2 aromatic rings. The molecule has 1 atom stereocenters. The molecule has 1 N–H and O–H groups in total. The monoisotopic (exact) mass is 313 g/mol. The molecule has 0 unspecified atom stereocenters. The van der Waals surface area contributed by atoms with Gasteiger partial charge >= 0.3 is 0 Å². The number of fused-ring (bicyclic) bond motifs is 3.